The van der Waals surface area contributed by atoms with Gasteiger partial charge in [-0.05, 0) is 26.1 Å². The van der Waals surface area contributed by atoms with Gasteiger partial charge < -0.3 is 15.5 Å². The topological polar surface area (TPSA) is 32.5 Å². The first-order chi connectivity index (χ1) is 8.49. The van der Waals surface area contributed by atoms with E-state index in [1.807, 2.05) is 0 Å². The van der Waals surface area contributed by atoms with Gasteiger partial charge in [-0.15, -0.1) is 0 Å². The first-order valence-electron chi connectivity index (χ1n) is 6.12. The van der Waals surface area contributed by atoms with Crippen molar-refractivity contribution in [2.45, 2.75) is 19.4 Å². The van der Waals surface area contributed by atoms with E-state index in [0.29, 0.717) is 11.7 Å². The van der Waals surface area contributed by atoms with Crippen molar-refractivity contribution in [2.24, 2.45) is 0 Å². The Hall–Kier alpha value is -1.36. The number of hydrogen-bond acceptors (Lipinski definition) is 3. The molecule has 1 aromatic carbocycles. The van der Waals surface area contributed by atoms with Crippen LogP contribution in [0.2, 0.25) is 0 Å². The molecule has 2 N–H and O–H groups in total. The van der Waals surface area contributed by atoms with Crippen LogP contribution in [-0.2, 0) is 0 Å². The molecular formula is C13H19F2N3. The standard InChI is InChI=1S/C13H19F2N3/c1-9-8-18(6-5-17(9)2)12-4-3-10(13(14)15)7-11(12)16/h3-4,7,9,13H,5-6,8,16H2,1-2H3. The lowest BCUT2D eigenvalue weighted by molar-refractivity contribution is 0.151. The molecule has 1 aromatic rings. The molecule has 1 unspecified atom stereocenters. The van der Waals surface area contributed by atoms with Crippen molar-refractivity contribution in [1.29, 1.82) is 0 Å². The van der Waals surface area contributed by atoms with Gasteiger partial charge in [0.2, 0.25) is 0 Å². The fourth-order valence-corrected chi connectivity index (χ4v) is 2.26. The van der Waals surface area contributed by atoms with Gasteiger partial charge in [-0.2, -0.15) is 0 Å². The van der Waals surface area contributed by atoms with Gasteiger partial charge in [0.15, 0.2) is 0 Å². The Balaban J connectivity index is 2.19. The number of halogens is 2. The third-order valence-electron chi connectivity index (χ3n) is 3.60. The largest absolute Gasteiger partial charge is 0.397 e. The lowest BCUT2D eigenvalue weighted by atomic mass is 10.1. The summed E-state index contributed by atoms with van der Waals surface area (Å²) in [6, 6.07) is 4.98. The predicted octanol–water partition coefficient (Wildman–Crippen LogP) is 2.35. The SMILES string of the molecule is CC1CN(c2ccc(C(F)F)cc2N)CCN1C. The van der Waals surface area contributed by atoms with Crippen LogP contribution >= 0.6 is 0 Å². The van der Waals surface area contributed by atoms with Crippen molar-refractivity contribution >= 4 is 11.4 Å². The van der Waals surface area contributed by atoms with E-state index >= 15 is 0 Å². The molecule has 1 aliphatic rings. The molecular weight excluding hydrogens is 236 g/mol. The first kappa shape index (κ1) is 13.1. The summed E-state index contributed by atoms with van der Waals surface area (Å²) in [5.41, 5.74) is 7.16. The van der Waals surface area contributed by atoms with Crippen molar-refractivity contribution < 1.29 is 8.78 Å². The summed E-state index contributed by atoms with van der Waals surface area (Å²) >= 11 is 0. The molecule has 1 atom stereocenters. The Labute approximate surface area is 106 Å². The van der Waals surface area contributed by atoms with Gasteiger partial charge in [-0.3, -0.25) is 0 Å². The highest BCUT2D eigenvalue weighted by Gasteiger charge is 2.22. The summed E-state index contributed by atoms with van der Waals surface area (Å²) in [7, 11) is 2.09. The number of alkyl halides is 2. The van der Waals surface area contributed by atoms with Crippen LogP contribution in [0.25, 0.3) is 0 Å². The second-order valence-electron chi connectivity index (χ2n) is 4.89. The fourth-order valence-electron chi connectivity index (χ4n) is 2.26. The number of nitrogen functional groups attached to an aromatic ring is 1. The highest BCUT2D eigenvalue weighted by Crippen LogP contribution is 2.30. The lowest BCUT2D eigenvalue weighted by Gasteiger charge is -2.39. The minimum absolute atomic E-state index is 0.0153. The molecule has 0 bridgehead atoms. The van der Waals surface area contributed by atoms with Crippen LogP contribution in [0.15, 0.2) is 18.2 Å². The van der Waals surface area contributed by atoms with E-state index in [9.17, 15) is 8.78 Å². The highest BCUT2D eigenvalue weighted by molar-refractivity contribution is 5.68. The summed E-state index contributed by atoms with van der Waals surface area (Å²) < 4.78 is 25.1. The number of anilines is 2. The number of nitrogens with two attached hydrogens (primary N) is 1. The van der Waals surface area contributed by atoms with Crippen LogP contribution < -0.4 is 10.6 Å². The van der Waals surface area contributed by atoms with Crippen LogP contribution in [0.5, 0.6) is 0 Å². The molecule has 1 heterocycles. The molecule has 0 aliphatic carbocycles. The minimum atomic E-state index is -2.47. The Morgan fingerprint density at radius 2 is 2.06 bits per heavy atom. The maximum Gasteiger partial charge on any atom is 0.263 e. The van der Waals surface area contributed by atoms with E-state index in [1.165, 1.54) is 12.1 Å². The zero-order chi connectivity index (χ0) is 13.3. The fraction of sp³-hybridized carbons (Fsp3) is 0.538. The Morgan fingerprint density at radius 1 is 1.33 bits per heavy atom. The van der Waals surface area contributed by atoms with Gasteiger partial charge in [0.05, 0.1) is 11.4 Å². The summed E-state index contributed by atoms with van der Waals surface area (Å²) in [5.74, 6) is 0. The van der Waals surface area contributed by atoms with E-state index in [1.54, 1.807) is 6.07 Å². The Bertz CT molecular complexity index is 423. The second-order valence-corrected chi connectivity index (χ2v) is 4.89. The normalized spacial score (nSPS) is 21.6. The average molecular weight is 255 g/mol. The minimum Gasteiger partial charge on any atom is -0.397 e. The molecule has 0 spiro atoms. The number of hydrogen-bond donors (Lipinski definition) is 1. The number of piperazine rings is 1. The Morgan fingerprint density at radius 3 is 2.61 bits per heavy atom. The zero-order valence-electron chi connectivity index (χ0n) is 10.7. The third kappa shape index (κ3) is 2.56. The maximum atomic E-state index is 12.6. The average Bonchev–Trinajstić information content (AvgIpc) is 2.32. The first-order valence-corrected chi connectivity index (χ1v) is 6.12. The van der Waals surface area contributed by atoms with Crippen LogP contribution in [0.4, 0.5) is 20.2 Å². The van der Waals surface area contributed by atoms with Crippen molar-refractivity contribution in [3.63, 3.8) is 0 Å². The number of likely N-dealkylation sites (N-methyl/N-ethyl adjacent to an activating group) is 1. The van der Waals surface area contributed by atoms with E-state index in [2.05, 4.69) is 23.8 Å². The van der Waals surface area contributed by atoms with E-state index in [0.717, 1.165) is 25.3 Å². The van der Waals surface area contributed by atoms with E-state index in [4.69, 9.17) is 5.73 Å². The van der Waals surface area contributed by atoms with Gasteiger partial charge in [0.1, 0.15) is 0 Å². The molecule has 1 saturated heterocycles. The van der Waals surface area contributed by atoms with Crippen molar-refractivity contribution in [2.75, 3.05) is 37.3 Å². The van der Waals surface area contributed by atoms with Crippen LogP contribution in [0.3, 0.4) is 0 Å². The van der Waals surface area contributed by atoms with Crippen molar-refractivity contribution in [3.8, 4) is 0 Å². The lowest BCUT2D eigenvalue weighted by Crippen LogP contribution is -2.50. The van der Waals surface area contributed by atoms with Gasteiger partial charge in [-0.25, -0.2) is 8.78 Å². The monoisotopic (exact) mass is 255 g/mol. The number of benzene rings is 1. The highest BCUT2D eigenvalue weighted by atomic mass is 19.3. The van der Waals surface area contributed by atoms with E-state index < -0.39 is 6.43 Å². The summed E-state index contributed by atoms with van der Waals surface area (Å²) in [4.78, 5) is 4.44. The summed E-state index contributed by atoms with van der Waals surface area (Å²) in [6.45, 7) is 4.85. The van der Waals surface area contributed by atoms with Crippen LogP contribution in [0, 0.1) is 0 Å². The summed E-state index contributed by atoms with van der Waals surface area (Å²) in [6.07, 6.45) is -2.47. The molecule has 1 aliphatic heterocycles. The number of nitrogens with zero attached hydrogens (tertiary/aromatic N) is 2. The molecule has 0 amide bonds. The van der Waals surface area contributed by atoms with E-state index in [-0.39, 0.29) is 5.56 Å². The Kier molecular flexibility index (Phi) is 3.71. The third-order valence-corrected chi connectivity index (χ3v) is 3.60. The maximum absolute atomic E-state index is 12.6. The van der Waals surface area contributed by atoms with Gasteiger partial charge in [-0.1, -0.05) is 6.07 Å². The molecule has 0 radical (unpaired) electrons. The van der Waals surface area contributed by atoms with Gasteiger partial charge in [0, 0.05) is 31.2 Å². The second kappa shape index (κ2) is 5.10. The summed E-state index contributed by atoms with van der Waals surface area (Å²) in [5, 5.41) is 0. The predicted molar refractivity (Wildman–Crippen MR) is 70.1 cm³/mol. The molecule has 3 nitrogen and oxygen atoms in total. The smallest absolute Gasteiger partial charge is 0.263 e. The zero-order valence-corrected chi connectivity index (χ0v) is 10.7. The van der Waals surface area contributed by atoms with Crippen molar-refractivity contribution in [1.82, 2.24) is 4.90 Å². The molecule has 5 heteroatoms. The van der Waals surface area contributed by atoms with Gasteiger partial charge in [0.25, 0.3) is 6.43 Å². The molecule has 18 heavy (non-hydrogen) atoms. The molecule has 2 rings (SSSR count). The molecule has 100 valence electrons. The number of rotatable bonds is 2. The van der Waals surface area contributed by atoms with Crippen LogP contribution in [0.1, 0.15) is 18.9 Å². The van der Waals surface area contributed by atoms with Gasteiger partial charge >= 0.3 is 0 Å². The molecule has 1 fully saturated rings. The molecule has 0 saturated carbocycles. The van der Waals surface area contributed by atoms with Crippen LogP contribution in [-0.4, -0.2) is 37.6 Å². The molecule has 0 aromatic heterocycles. The quantitative estimate of drug-likeness (QED) is 0.823. The van der Waals surface area contributed by atoms with Crippen molar-refractivity contribution in [3.05, 3.63) is 23.8 Å².